The van der Waals surface area contributed by atoms with E-state index in [1.54, 1.807) is 24.3 Å². The normalized spacial score (nSPS) is 11.8. The Labute approximate surface area is 156 Å². The number of carbonyl (C=O) groups excluding carboxylic acids is 2. The predicted octanol–water partition coefficient (Wildman–Crippen LogP) is 3.40. The summed E-state index contributed by atoms with van der Waals surface area (Å²) in [5.41, 5.74) is 1.80. The van der Waals surface area contributed by atoms with Crippen LogP contribution in [-0.4, -0.2) is 30.0 Å². The Balaban J connectivity index is 1.82. The molecule has 132 valence electrons. The number of methoxy groups -OCH3 is 1. The molecule has 0 aliphatic heterocycles. The third-order valence-corrected chi connectivity index (χ3v) is 4.31. The lowest BCUT2D eigenvalue weighted by molar-refractivity contribution is -0.142. The molecule has 0 spiro atoms. The van der Waals surface area contributed by atoms with Gasteiger partial charge in [-0.2, -0.15) is 0 Å². The Bertz CT molecular complexity index is 958. The Morgan fingerprint density at radius 3 is 2.58 bits per heavy atom. The van der Waals surface area contributed by atoms with Crippen LogP contribution >= 0.6 is 11.6 Å². The summed E-state index contributed by atoms with van der Waals surface area (Å²) in [5, 5.41) is 4.01. The smallest absolute Gasteiger partial charge is 0.328 e. The number of carbonyl (C=O) groups is 2. The zero-order chi connectivity index (χ0) is 18.5. The fourth-order valence-corrected chi connectivity index (χ4v) is 2.87. The van der Waals surface area contributed by atoms with E-state index in [2.05, 4.69) is 10.3 Å². The van der Waals surface area contributed by atoms with Crippen molar-refractivity contribution in [2.24, 2.45) is 0 Å². The molecule has 0 radical (unpaired) electrons. The minimum absolute atomic E-state index is 0.216. The van der Waals surface area contributed by atoms with E-state index in [1.165, 1.54) is 7.11 Å². The molecule has 3 aromatic rings. The minimum atomic E-state index is -0.863. The van der Waals surface area contributed by atoms with Crippen LogP contribution in [-0.2, 0) is 16.0 Å². The fourth-order valence-electron chi connectivity index (χ4n) is 2.65. The number of nitrogens with zero attached hydrogens (tertiary/aromatic N) is 1. The molecule has 0 aliphatic rings. The number of hydrogen-bond donors (Lipinski definition) is 1. The summed E-state index contributed by atoms with van der Waals surface area (Å²) < 4.78 is 4.82. The number of fused-ring (bicyclic) bond motifs is 1. The molecule has 0 bridgehead atoms. The van der Waals surface area contributed by atoms with Crippen molar-refractivity contribution >= 4 is 34.4 Å². The van der Waals surface area contributed by atoms with Crippen molar-refractivity contribution in [1.82, 2.24) is 10.3 Å². The number of para-hydroxylation sites is 1. The maximum absolute atomic E-state index is 12.5. The first-order valence-corrected chi connectivity index (χ1v) is 8.44. The van der Waals surface area contributed by atoms with Crippen LogP contribution in [0, 0.1) is 0 Å². The topological polar surface area (TPSA) is 68.3 Å². The molecule has 1 atom stereocenters. The van der Waals surface area contributed by atoms with Crippen molar-refractivity contribution in [2.75, 3.05) is 7.11 Å². The van der Waals surface area contributed by atoms with Gasteiger partial charge in [0.1, 0.15) is 6.04 Å². The number of benzene rings is 2. The monoisotopic (exact) mass is 368 g/mol. The van der Waals surface area contributed by atoms with Gasteiger partial charge in [-0.15, -0.1) is 0 Å². The molecule has 26 heavy (non-hydrogen) atoms. The molecule has 1 heterocycles. The molecule has 2 aromatic carbocycles. The van der Waals surface area contributed by atoms with Crippen molar-refractivity contribution in [3.63, 3.8) is 0 Å². The number of amides is 1. The molecule has 6 heteroatoms. The van der Waals surface area contributed by atoms with E-state index < -0.39 is 17.9 Å². The number of nitrogens with one attached hydrogen (secondary N) is 1. The van der Waals surface area contributed by atoms with Gasteiger partial charge in [0.25, 0.3) is 5.91 Å². The highest BCUT2D eigenvalue weighted by Crippen LogP contribution is 2.16. The van der Waals surface area contributed by atoms with E-state index in [4.69, 9.17) is 16.3 Å². The van der Waals surface area contributed by atoms with Gasteiger partial charge >= 0.3 is 5.97 Å². The standard InChI is InChI=1S/C20H17ClN2O3/c1-26-20(25)18(23-19(24)15-7-3-4-8-16(15)21)12-14-11-10-13-6-2-5-9-17(13)22-14/h2-11,18H,12H2,1H3,(H,23,24)/t18-/m1/s1. The van der Waals surface area contributed by atoms with Crippen LogP contribution in [0.4, 0.5) is 0 Å². The van der Waals surface area contributed by atoms with Crippen molar-refractivity contribution in [3.8, 4) is 0 Å². The summed E-state index contributed by atoms with van der Waals surface area (Å²) in [7, 11) is 1.28. The lowest BCUT2D eigenvalue weighted by Gasteiger charge is -2.17. The van der Waals surface area contributed by atoms with Gasteiger partial charge in [0.2, 0.25) is 0 Å². The fraction of sp³-hybridized carbons (Fsp3) is 0.150. The van der Waals surface area contributed by atoms with E-state index >= 15 is 0 Å². The number of aromatic nitrogens is 1. The van der Waals surface area contributed by atoms with Gasteiger partial charge in [0.15, 0.2) is 0 Å². The van der Waals surface area contributed by atoms with Crippen LogP contribution in [0.1, 0.15) is 16.1 Å². The molecule has 1 aromatic heterocycles. The lowest BCUT2D eigenvalue weighted by atomic mass is 10.1. The lowest BCUT2D eigenvalue weighted by Crippen LogP contribution is -2.43. The second-order valence-electron chi connectivity index (χ2n) is 5.73. The van der Waals surface area contributed by atoms with Crippen LogP contribution in [0.25, 0.3) is 10.9 Å². The third kappa shape index (κ3) is 4.00. The first-order valence-electron chi connectivity index (χ1n) is 8.06. The molecule has 0 unspecified atom stereocenters. The first kappa shape index (κ1) is 17.9. The second kappa shape index (κ2) is 7.97. The molecule has 0 fully saturated rings. The average Bonchev–Trinajstić information content (AvgIpc) is 2.67. The quantitative estimate of drug-likeness (QED) is 0.701. The van der Waals surface area contributed by atoms with E-state index in [-0.39, 0.29) is 6.42 Å². The number of halogens is 1. The highest BCUT2D eigenvalue weighted by molar-refractivity contribution is 6.33. The van der Waals surface area contributed by atoms with Gasteiger partial charge in [-0.3, -0.25) is 9.78 Å². The molecule has 5 nitrogen and oxygen atoms in total. The third-order valence-electron chi connectivity index (χ3n) is 3.98. The van der Waals surface area contributed by atoms with Gasteiger partial charge in [-0.1, -0.05) is 48.0 Å². The number of hydrogen-bond acceptors (Lipinski definition) is 4. The van der Waals surface area contributed by atoms with E-state index in [0.717, 1.165) is 10.9 Å². The molecule has 3 rings (SSSR count). The summed E-state index contributed by atoms with van der Waals surface area (Å²) in [6.07, 6.45) is 0.216. The van der Waals surface area contributed by atoms with E-state index in [1.807, 2.05) is 36.4 Å². The molecular weight excluding hydrogens is 352 g/mol. The summed E-state index contributed by atoms with van der Waals surface area (Å²) in [5.74, 6) is -0.979. The summed E-state index contributed by atoms with van der Waals surface area (Å²) in [4.78, 5) is 29.2. The Hall–Kier alpha value is -2.92. The van der Waals surface area contributed by atoms with E-state index in [9.17, 15) is 9.59 Å². The van der Waals surface area contributed by atoms with Crippen molar-refractivity contribution < 1.29 is 14.3 Å². The number of pyridine rings is 1. The van der Waals surface area contributed by atoms with E-state index in [0.29, 0.717) is 16.3 Å². The zero-order valence-corrected chi connectivity index (χ0v) is 14.9. The highest BCUT2D eigenvalue weighted by Gasteiger charge is 2.24. The molecule has 1 N–H and O–H groups in total. The van der Waals surface area contributed by atoms with Gasteiger partial charge in [-0.05, 0) is 24.3 Å². The Morgan fingerprint density at radius 2 is 1.81 bits per heavy atom. The average molecular weight is 369 g/mol. The van der Waals surface area contributed by atoms with Crippen molar-refractivity contribution in [2.45, 2.75) is 12.5 Å². The first-order chi connectivity index (χ1) is 12.6. The summed E-state index contributed by atoms with van der Waals surface area (Å²) in [6, 6.07) is 17.3. The molecule has 0 aliphatic carbocycles. The van der Waals surface area contributed by atoms with Gasteiger partial charge in [0.05, 0.1) is 23.2 Å². The minimum Gasteiger partial charge on any atom is -0.467 e. The van der Waals surface area contributed by atoms with Crippen LogP contribution in [0.15, 0.2) is 60.7 Å². The molecule has 1 amide bonds. The van der Waals surface area contributed by atoms with Gasteiger partial charge in [0, 0.05) is 17.5 Å². The number of esters is 1. The summed E-state index contributed by atoms with van der Waals surface area (Å²) in [6.45, 7) is 0. The number of rotatable bonds is 5. The SMILES string of the molecule is COC(=O)[C@@H](Cc1ccc2ccccc2n1)NC(=O)c1ccccc1Cl. The Morgan fingerprint density at radius 1 is 1.08 bits per heavy atom. The van der Waals surface area contributed by atoms with Crippen LogP contribution in [0.2, 0.25) is 5.02 Å². The largest absolute Gasteiger partial charge is 0.467 e. The van der Waals surface area contributed by atoms with Crippen molar-refractivity contribution in [1.29, 1.82) is 0 Å². The van der Waals surface area contributed by atoms with Crippen molar-refractivity contribution in [3.05, 3.63) is 76.9 Å². The molecule has 0 saturated carbocycles. The number of ether oxygens (including phenoxy) is 1. The molecule has 0 saturated heterocycles. The van der Waals surface area contributed by atoms with Crippen LogP contribution in [0.5, 0.6) is 0 Å². The Kier molecular flexibility index (Phi) is 5.49. The van der Waals surface area contributed by atoms with Crippen LogP contribution in [0.3, 0.4) is 0 Å². The van der Waals surface area contributed by atoms with Crippen LogP contribution < -0.4 is 5.32 Å². The predicted molar refractivity (Wildman–Crippen MR) is 100 cm³/mol. The molecular formula is C20H17ClN2O3. The van der Waals surface area contributed by atoms with Gasteiger partial charge in [-0.25, -0.2) is 4.79 Å². The maximum atomic E-state index is 12.5. The zero-order valence-electron chi connectivity index (χ0n) is 14.1. The summed E-state index contributed by atoms with van der Waals surface area (Å²) >= 11 is 6.05. The second-order valence-corrected chi connectivity index (χ2v) is 6.14. The maximum Gasteiger partial charge on any atom is 0.328 e. The highest BCUT2D eigenvalue weighted by atomic mass is 35.5. The van der Waals surface area contributed by atoms with Gasteiger partial charge < -0.3 is 10.1 Å².